The van der Waals surface area contributed by atoms with E-state index in [9.17, 15) is 24.9 Å². The van der Waals surface area contributed by atoms with Gasteiger partial charge in [-0.1, -0.05) is 60.7 Å². The van der Waals surface area contributed by atoms with Crippen LogP contribution in [0.25, 0.3) is 0 Å². The normalized spacial score (nSPS) is 21.9. The molecule has 172 valence electrons. The monoisotopic (exact) mass is 450 g/mol. The standard InChI is InChI=1S/C26H26O7/c27-19-15-18(13-11-16-7-3-1-4-8-16)32-25-21(19)22(29)23(30)24(31)26(25)33-20(28)14-12-17-9-5-2-6-10-17/h1-10,15,22-24,26,29-31H,11-14H2/t22-,23+,24+,26-/m0/s1. The maximum atomic E-state index is 12.7. The molecular weight excluding hydrogens is 424 g/mol. The maximum absolute atomic E-state index is 12.7. The van der Waals surface area contributed by atoms with E-state index < -0.39 is 35.8 Å². The van der Waals surface area contributed by atoms with Crippen molar-refractivity contribution in [3.05, 3.63) is 105 Å². The number of hydrogen-bond acceptors (Lipinski definition) is 7. The van der Waals surface area contributed by atoms with Crippen LogP contribution in [0.15, 0.2) is 75.9 Å². The third-order valence-corrected chi connectivity index (χ3v) is 5.82. The summed E-state index contributed by atoms with van der Waals surface area (Å²) in [4.78, 5) is 25.3. The van der Waals surface area contributed by atoms with E-state index in [2.05, 4.69) is 0 Å². The molecule has 0 saturated heterocycles. The number of rotatable bonds is 7. The molecule has 0 saturated carbocycles. The number of carbonyl (C=O) groups is 1. The zero-order valence-electron chi connectivity index (χ0n) is 18.0. The second-order valence-corrected chi connectivity index (χ2v) is 8.16. The Balaban J connectivity index is 1.56. The van der Waals surface area contributed by atoms with Crippen LogP contribution in [0.4, 0.5) is 0 Å². The molecule has 0 unspecified atom stereocenters. The van der Waals surface area contributed by atoms with Crippen molar-refractivity contribution in [2.24, 2.45) is 0 Å². The lowest BCUT2D eigenvalue weighted by Gasteiger charge is -2.35. The molecule has 0 amide bonds. The first-order chi connectivity index (χ1) is 15.9. The Morgan fingerprint density at radius 1 is 0.848 bits per heavy atom. The Bertz CT molecular complexity index is 1140. The number of aryl methyl sites for hydroxylation is 3. The van der Waals surface area contributed by atoms with Crippen LogP contribution < -0.4 is 5.43 Å². The molecule has 0 aliphatic heterocycles. The van der Waals surface area contributed by atoms with Gasteiger partial charge in [0.15, 0.2) is 17.3 Å². The zero-order chi connectivity index (χ0) is 23.4. The highest BCUT2D eigenvalue weighted by molar-refractivity contribution is 5.70. The molecule has 4 atom stereocenters. The SMILES string of the molecule is O=C(CCc1ccccc1)O[C@@H]1c2oc(CCc3ccccc3)cc(=O)c2[C@H](O)[C@@H](O)[C@H]1O. The minimum Gasteiger partial charge on any atom is -0.461 e. The van der Waals surface area contributed by atoms with Crippen LogP contribution in [0.2, 0.25) is 0 Å². The van der Waals surface area contributed by atoms with Gasteiger partial charge in [-0.15, -0.1) is 0 Å². The summed E-state index contributed by atoms with van der Waals surface area (Å²) >= 11 is 0. The van der Waals surface area contributed by atoms with Crippen LogP contribution in [0.5, 0.6) is 0 Å². The molecule has 0 bridgehead atoms. The van der Waals surface area contributed by atoms with Crippen molar-refractivity contribution in [3.8, 4) is 0 Å². The van der Waals surface area contributed by atoms with Gasteiger partial charge in [0.2, 0.25) is 0 Å². The van der Waals surface area contributed by atoms with Crippen molar-refractivity contribution >= 4 is 5.97 Å². The van der Waals surface area contributed by atoms with Crippen molar-refractivity contribution in [1.29, 1.82) is 0 Å². The molecule has 1 aliphatic carbocycles. The van der Waals surface area contributed by atoms with Crippen molar-refractivity contribution in [2.45, 2.75) is 50.1 Å². The van der Waals surface area contributed by atoms with Gasteiger partial charge in [0.25, 0.3) is 0 Å². The van der Waals surface area contributed by atoms with Gasteiger partial charge in [-0.2, -0.15) is 0 Å². The summed E-state index contributed by atoms with van der Waals surface area (Å²) in [6.45, 7) is 0. The number of fused-ring (bicyclic) bond motifs is 1. The number of carbonyl (C=O) groups excluding carboxylic acids is 1. The number of aliphatic hydroxyl groups is 3. The Morgan fingerprint density at radius 2 is 1.45 bits per heavy atom. The summed E-state index contributed by atoms with van der Waals surface area (Å²) in [5, 5.41) is 31.2. The number of benzene rings is 2. The third-order valence-electron chi connectivity index (χ3n) is 5.82. The predicted octanol–water partition coefficient (Wildman–Crippen LogP) is 2.41. The average Bonchev–Trinajstić information content (AvgIpc) is 2.83. The summed E-state index contributed by atoms with van der Waals surface area (Å²) in [6, 6.07) is 20.3. The largest absolute Gasteiger partial charge is 0.461 e. The fraction of sp³-hybridized carbons (Fsp3) is 0.308. The molecular formula is C26H26O7. The van der Waals surface area contributed by atoms with Crippen molar-refractivity contribution in [1.82, 2.24) is 0 Å². The number of esters is 1. The van der Waals surface area contributed by atoms with Crippen LogP contribution in [0.3, 0.4) is 0 Å². The van der Waals surface area contributed by atoms with Gasteiger partial charge in [-0.3, -0.25) is 9.59 Å². The van der Waals surface area contributed by atoms with E-state index in [1.54, 1.807) is 0 Å². The van der Waals surface area contributed by atoms with Crippen LogP contribution in [-0.2, 0) is 28.8 Å². The maximum Gasteiger partial charge on any atom is 0.306 e. The Morgan fingerprint density at radius 3 is 2.09 bits per heavy atom. The first-order valence-corrected chi connectivity index (χ1v) is 10.9. The Labute approximate surface area is 190 Å². The van der Waals surface area contributed by atoms with E-state index in [1.807, 2.05) is 60.7 Å². The van der Waals surface area contributed by atoms with Gasteiger partial charge in [0.1, 0.15) is 24.1 Å². The third kappa shape index (κ3) is 5.22. The van der Waals surface area contributed by atoms with E-state index in [4.69, 9.17) is 9.15 Å². The first-order valence-electron chi connectivity index (χ1n) is 10.9. The van der Waals surface area contributed by atoms with E-state index in [1.165, 1.54) is 6.07 Å². The van der Waals surface area contributed by atoms with Crippen molar-refractivity contribution < 1.29 is 29.3 Å². The molecule has 33 heavy (non-hydrogen) atoms. The minimum atomic E-state index is -1.69. The first kappa shape index (κ1) is 22.9. The number of ether oxygens (including phenoxy) is 1. The van der Waals surface area contributed by atoms with Crippen LogP contribution in [-0.4, -0.2) is 33.5 Å². The van der Waals surface area contributed by atoms with Gasteiger partial charge in [0, 0.05) is 18.9 Å². The smallest absolute Gasteiger partial charge is 0.306 e. The van der Waals surface area contributed by atoms with Gasteiger partial charge in [0.05, 0.1) is 5.56 Å². The summed E-state index contributed by atoms with van der Waals surface area (Å²) < 4.78 is 11.3. The molecule has 3 aromatic rings. The molecule has 1 aliphatic rings. The lowest BCUT2D eigenvalue weighted by Crippen LogP contribution is -2.45. The fourth-order valence-corrected chi connectivity index (χ4v) is 4.02. The molecule has 3 N–H and O–H groups in total. The van der Waals surface area contributed by atoms with Gasteiger partial charge in [-0.25, -0.2) is 0 Å². The lowest BCUT2D eigenvalue weighted by molar-refractivity contribution is -0.174. The van der Waals surface area contributed by atoms with Gasteiger partial charge >= 0.3 is 5.97 Å². The molecule has 7 nitrogen and oxygen atoms in total. The van der Waals surface area contributed by atoms with Crippen LogP contribution >= 0.6 is 0 Å². The highest BCUT2D eigenvalue weighted by Crippen LogP contribution is 2.38. The molecule has 0 fully saturated rings. The van der Waals surface area contributed by atoms with E-state index in [0.29, 0.717) is 25.0 Å². The Hall–Kier alpha value is -3.26. The van der Waals surface area contributed by atoms with Crippen LogP contribution in [0, 0.1) is 0 Å². The predicted molar refractivity (Wildman–Crippen MR) is 119 cm³/mol. The molecule has 1 heterocycles. The molecule has 0 radical (unpaired) electrons. The topological polar surface area (TPSA) is 117 Å². The average molecular weight is 450 g/mol. The molecule has 1 aromatic heterocycles. The van der Waals surface area contributed by atoms with E-state index in [0.717, 1.165) is 11.1 Å². The van der Waals surface area contributed by atoms with Gasteiger partial charge < -0.3 is 24.5 Å². The lowest BCUT2D eigenvalue weighted by atomic mass is 9.87. The highest BCUT2D eigenvalue weighted by Gasteiger charge is 2.46. The highest BCUT2D eigenvalue weighted by atomic mass is 16.6. The molecule has 2 aromatic carbocycles. The molecule has 0 spiro atoms. The quantitative estimate of drug-likeness (QED) is 0.473. The van der Waals surface area contributed by atoms with Gasteiger partial charge in [-0.05, 0) is 24.0 Å². The number of hydrogen-bond donors (Lipinski definition) is 3. The summed E-state index contributed by atoms with van der Waals surface area (Å²) in [5.41, 5.74) is 1.27. The minimum absolute atomic E-state index is 0.0408. The zero-order valence-corrected chi connectivity index (χ0v) is 18.0. The second-order valence-electron chi connectivity index (χ2n) is 8.16. The van der Waals surface area contributed by atoms with Crippen molar-refractivity contribution in [3.63, 3.8) is 0 Å². The molecule has 4 rings (SSSR count). The fourth-order valence-electron chi connectivity index (χ4n) is 4.02. The number of aliphatic hydroxyl groups excluding tert-OH is 3. The molecule has 7 heteroatoms. The second kappa shape index (κ2) is 10.1. The summed E-state index contributed by atoms with van der Waals surface area (Å²) in [7, 11) is 0. The summed E-state index contributed by atoms with van der Waals surface area (Å²) in [5.74, 6) is -0.401. The van der Waals surface area contributed by atoms with E-state index >= 15 is 0 Å². The van der Waals surface area contributed by atoms with Crippen LogP contribution in [0.1, 0.15) is 46.8 Å². The summed E-state index contributed by atoms with van der Waals surface area (Å²) in [6.07, 6.45) is -4.89. The van der Waals surface area contributed by atoms with Crippen molar-refractivity contribution in [2.75, 3.05) is 0 Å². The van der Waals surface area contributed by atoms with E-state index in [-0.39, 0.29) is 17.7 Å². The Kier molecular flexibility index (Phi) is 7.03.